The third-order valence-electron chi connectivity index (χ3n) is 7.44. The molecule has 42 heavy (non-hydrogen) atoms. The van der Waals surface area contributed by atoms with E-state index in [1.54, 1.807) is 14.2 Å². The smallest absolute Gasteiger partial charge is 0.330 e. The number of carbonyl (C=O) groups is 1. The fraction of sp³-hybridized carbons (Fsp3) is 0.618. The maximum absolute atomic E-state index is 13.0. The Balaban J connectivity index is 1.83. The minimum Gasteiger partial charge on any atom is -0.456 e. The fourth-order valence-electron chi connectivity index (χ4n) is 5.41. The summed E-state index contributed by atoms with van der Waals surface area (Å²) < 4.78 is 40.5. The van der Waals surface area contributed by atoms with Crippen molar-refractivity contribution in [2.75, 3.05) is 34.4 Å². The number of hydrogen-bond donors (Lipinski definition) is 0. The van der Waals surface area contributed by atoms with Crippen molar-refractivity contribution in [1.29, 1.82) is 0 Å². The maximum Gasteiger partial charge on any atom is 0.330 e. The molecule has 0 aliphatic carbocycles. The highest BCUT2D eigenvalue weighted by molar-refractivity contribution is 5.82. The van der Waals surface area contributed by atoms with Gasteiger partial charge in [0.25, 0.3) is 0 Å². The Hall–Kier alpha value is -2.33. The third-order valence-corrected chi connectivity index (χ3v) is 7.44. The standard InChI is InChI=1S/C34H50O8/c1-25-17-18-38-30(20-25)15-16-32(40-24-37-5)33-13-7-11-29(39-23-36-4)21-26(2)19-27(3)22-31-12-6-9-28(41-31)10-8-14-34(35)42-33/h6-9,11,14-17,27-33H,2,10,12-13,18-24H2,1,3-5H3/b11-7+,14-8-,16-15+/t27-,28-,29?,30+,31-,32-,33-/m0/s1. The molecule has 3 heterocycles. The highest BCUT2D eigenvalue weighted by atomic mass is 16.7. The van der Waals surface area contributed by atoms with Gasteiger partial charge in [-0.1, -0.05) is 73.3 Å². The first-order chi connectivity index (χ1) is 20.4. The van der Waals surface area contributed by atoms with Crippen molar-refractivity contribution in [2.24, 2.45) is 5.92 Å². The zero-order valence-electron chi connectivity index (χ0n) is 25.8. The van der Waals surface area contributed by atoms with Gasteiger partial charge in [-0.2, -0.15) is 0 Å². The summed E-state index contributed by atoms with van der Waals surface area (Å²) in [4.78, 5) is 13.0. The van der Waals surface area contributed by atoms with Crippen LogP contribution in [0.1, 0.15) is 58.8 Å². The SMILES string of the molecule is C=C1CC(OCOC)/C=C/C[C@@H]([C@H](/C=C/[C@@H]2CC(C)=CCO2)OCOC)OC(=O)/C=C\C[C@@H]2C=CC[C@@H](C[C@@H](C)C1)O2. The van der Waals surface area contributed by atoms with Gasteiger partial charge < -0.3 is 33.2 Å². The normalized spacial score (nSPS) is 32.4. The number of ether oxygens (including phenoxy) is 7. The molecule has 8 heteroatoms. The summed E-state index contributed by atoms with van der Waals surface area (Å²) in [5, 5.41) is 0. The Morgan fingerprint density at radius 1 is 1.05 bits per heavy atom. The summed E-state index contributed by atoms with van der Waals surface area (Å²) in [6.07, 6.45) is 21.3. The minimum atomic E-state index is -0.606. The lowest BCUT2D eigenvalue weighted by molar-refractivity contribution is -0.154. The number of carbonyl (C=O) groups excluding carboxylic acids is 1. The second-order valence-electron chi connectivity index (χ2n) is 11.4. The second kappa shape index (κ2) is 19.1. The summed E-state index contributed by atoms with van der Waals surface area (Å²) in [6, 6.07) is 0. The molecule has 7 atom stereocenters. The van der Waals surface area contributed by atoms with Crippen LogP contribution in [0.5, 0.6) is 0 Å². The van der Waals surface area contributed by atoms with E-state index in [4.69, 9.17) is 33.2 Å². The molecule has 0 aromatic heterocycles. The minimum absolute atomic E-state index is 0.0527. The molecule has 3 rings (SSSR count). The number of cyclic esters (lactones) is 1. The number of fused-ring (bicyclic) bond motifs is 2. The second-order valence-corrected chi connectivity index (χ2v) is 11.4. The number of esters is 1. The summed E-state index contributed by atoms with van der Waals surface area (Å²) in [5.41, 5.74) is 2.39. The van der Waals surface area contributed by atoms with Gasteiger partial charge >= 0.3 is 5.97 Å². The summed E-state index contributed by atoms with van der Waals surface area (Å²) in [5.74, 6) is -0.0134. The zero-order chi connectivity index (χ0) is 30.2. The van der Waals surface area contributed by atoms with Crippen LogP contribution in [0.4, 0.5) is 0 Å². The van der Waals surface area contributed by atoms with E-state index < -0.39 is 18.2 Å². The molecule has 8 nitrogen and oxygen atoms in total. The van der Waals surface area contributed by atoms with Crippen molar-refractivity contribution in [3.05, 3.63) is 72.4 Å². The van der Waals surface area contributed by atoms with Crippen molar-refractivity contribution in [2.45, 2.75) is 95.4 Å². The first-order valence-electron chi connectivity index (χ1n) is 15.1. The van der Waals surface area contributed by atoms with E-state index in [1.165, 1.54) is 11.6 Å². The van der Waals surface area contributed by atoms with E-state index in [0.29, 0.717) is 31.8 Å². The molecule has 1 unspecified atom stereocenters. The monoisotopic (exact) mass is 586 g/mol. The molecular weight excluding hydrogens is 536 g/mol. The van der Waals surface area contributed by atoms with E-state index >= 15 is 0 Å². The first kappa shape index (κ1) is 34.2. The van der Waals surface area contributed by atoms with E-state index in [2.05, 4.69) is 38.7 Å². The predicted octanol–water partition coefficient (Wildman–Crippen LogP) is 6.15. The highest BCUT2D eigenvalue weighted by Gasteiger charge is 2.25. The molecule has 0 fully saturated rings. The average Bonchev–Trinajstić information content (AvgIpc) is 2.95. The van der Waals surface area contributed by atoms with Crippen LogP contribution < -0.4 is 0 Å². The Morgan fingerprint density at radius 3 is 2.64 bits per heavy atom. The Bertz CT molecular complexity index is 980. The molecule has 0 spiro atoms. The number of methoxy groups -OCH3 is 2. The molecule has 0 aromatic carbocycles. The van der Waals surface area contributed by atoms with Crippen LogP contribution in [-0.2, 0) is 38.0 Å². The van der Waals surface area contributed by atoms with Crippen LogP contribution >= 0.6 is 0 Å². The van der Waals surface area contributed by atoms with Crippen molar-refractivity contribution in [3.8, 4) is 0 Å². The van der Waals surface area contributed by atoms with Crippen molar-refractivity contribution < 1.29 is 38.0 Å². The molecule has 0 saturated heterocycles. The van der Waals surface area contributed by atoms with E-state index in [-0.39, 0.29) is 38.0 Å². The summed E-state index contributed by atoms with van der Waals surface area (Å²) in [6.45, 7) is 9.48. The summed E-state index contributed by atoms with van der Waals surface area (Å²) in [7, 11) is 3.17. The molecule has 0 saturated carbocycles. The Morgan fingerprint density at radius 2 is 1.86 bits per heavy atom. The largest absolute Gasteiger partial charge is 0.456 e. The topological polar surface area (TPSA) is 81.7 Å². The van der Waals surface area contributed by atoms with Gasteiger partial charge in [-0.3, -0.25) is 0 Å². The molecule has 2 bridgehead atoms. The first-order valence-corrected chi connectivity index (χ1v) is 15.1. The lowest BCUT2D eigenvalue weighted by Crippen LogP contribution is -2.33. The van der Waals surface area contributed by atoms with E-state index in [9.17, 15) is 4.79 Å². The molecule has 0 amide bonds. The fourth-order valence-corrected chi connectivity index (χ4v) is 5.41. The number of hydrogen-bond acceptors (Lipinski definition) is 8. The highest BCUT2D eigenvalue weighted by Crippen LogP contribution is 2.26. The lowest BCUT2D eigenvalue weighted by atomic mass is 9.91. The quantitative estimate of drug-likeness (QED) is 0.181. The van der Waals surface area contributed by atoms with Crippen LogP contribution in [-0.4, -0.2) is 77.0 Å². The van der Waals surface area contributed by atoms with Crippen LogP contribution in [0, 0.1) is 5.92 Å². The van der Waals surface area contributed by atoms with Crippen molar-refractivity contribution >= 4 is 5.97 Å². The Labute approximate surface area is 252 Å². The van der Waals surface area contributed by atoms with Gasteiger partial charge in [0.2, 0.25) is 0 Å². The molecule has 0 aromatic rings. The van der Waals surface area contributed by atoms with E-state index in [0.717, 1.165) is 31.3 Å². The van der Waals surface area contributed by atoms with Gasteiger partial charge in [0.15, 0.2) is 0 Å². The number of rotatable bonds is 9. The molecule has 3 aliphatic rings. The molecule has 3 aliphatic heterocycles. The zero-order valence-corrected chi connectivity index (χ0v) is 25.8. The van der Waals surface area contributed by atoms with Gasteiger partial charge in [0, 0.05) is 26.7 Å². The third kappa shape index (κ3) is 12.9. The van der Waals surface area contributed by atoms with E-state index in [1.807, 2.05) is 30.4 Å². The lowest BCUT2D eigenvalue weighted by Gasteiger charge is -2.28. The van der Waals surface area contributed by atoms with Crippen molar-refractivity contribution in [1.82, 2.24) is 0 Å². The van der Waals surface area contributed by atoms with Gasteiger partial charge in [0.1, 0.15) is 25.8 Å². The predicted molar refractivity (Wildman–Crippen MR) is 163 cm³/mol. The molecular formula is C34H50O8. The molecule has 234 valence electrons. The van der Waals surface area contributed by atoms with Crippen LogP contribution in [0.2, 0.25) is 0 Å². The van der Waals surface area contributed by atoms with Gasteiger partial charge in [-0.15, -0.1) is 0 Å². The van der Waals surface area contributed by atoms with Crippen LogP contribution in [0.3, 0.4) is 0 Å². The maximum atomic E-state index is 13.0. The van der Waals surface area contributed by atoms with Gasteiger partial charge in [-0.25, -0.2) is 4.79 Å². The summed E-state index contributed by atoms with van der Waals surface area (Å²) >= 11 is 0. The molecule has 0 N–H and O–H groups in total. The van der Waals surface area contributed by atoms with Gasteiger partial charge in [0.05, 0.1) is 31.0 Å². The van der Waals surface area contributed by atoms with Crippen molar-refractivity contribution in [3.63, 3.8) is 0 Å². The molecule has 0 radical (unpaired) electrons. The van der Waals surface area contributed by atoms with Crippen LogP contribution in [0.25, 0.3) is 0 Å². The van der Waals surface area contributed by atoms with Gasteiger partial charge in [-0.05, 0) is 51.4 Å². The Kier molecular flexibility index (Phi) is 15.5. The average molecular weight is 587 g/mol. The van der Waals surface area contributed by atoms with Crippen LogP contribution in [0.15, 0.2) is 72.4 Å².